The molecule has 0 saturated heterocycles. The Balaban J connectivity index is -0.00000000800. The normalized spacial score (nSPS) is 7.50. The van der Waals surface area contributed by atoms with Crippen LogP contribution in [0.1, 0.15) is 2.85 Å². The van der Waals surface area contributed by atoms with Crippen molar-refractivity contribution in [2.75, 3.05) is 0 Å². The molecule has 0 heterocycles. The van der Waals surface area contributed by atoms with Crippen LogP contribution in [0, 0.1) is 0 Å². The minimum atomic E-state index is -4.61. The van der Waals surface area contributed by atoms with E-state index in [2.05, 4.69) is 0 Å². The summed E-state index contributed by atoms with van der Waals surface area (Å²) in [4.78, 5) is 29.3. The molecule has 0 saturated carbocycles. The minimum Gasteiger partial charge on any atom is -1.00 e. The molecule has 0 rings (SSSR count). The van der Waals surface area contributed by atoms with Gasteiger partial charge in [-0.3, -0.25) is 0 Å². The van der Waals surface area contributed by atoms with Crippen molar-refractivity contribution in [1.29, 1.82) is 0 Å². The van der Waals surface area contributed by atoms with E-state index in [1.165, 1.54) is 0 Å². The monoisotopic (exact) mass is 190 g/mol. The van der Waals surface area contributed by atoms with Gasteiger partial charge in [-0.2, -0.15) is 9.90 Å². The Morgan fingerprint density at radius 2 is 1.00 bits per heavy atom. The van der Waals surface area contributed by atoms with E-state index in [4.69, 9.17) is 19.2 Å². The van der Waals surface area contributed by atoms with Crippen molar-refractivity contribution in [3.8, 4) is 0 Å². The van der Waals surface area contributed by atoms with Gasteiger partial charge in [0.1, 0.15) is 0 Å². The Hall–Kier alpha value is 1.71. The molecule has 1 unspecified atom stereocenters. The van der Waals surface area contributed by atoms with Gasteiger partial charge >= 0.3 is 46.8 Å². The summed E-state index contributed by atoms with van der Waals surface area (Å²) in [6.45, 7) is 0. The molecule has 0 amide bonds. The second-order valence-electron chi connectivity index (χ2n) is 0.600. The van der Waals surface area contributed by atoms with Crippen LogP contribution in [0.25, 0.3) is 0 Å². The summed E-state index contributed by atoms with van der Waals surface area (Å²) in [6.07, 6.45) is 0. The molecule has 5 nitrogen and oxygen atoms in total. The zero-order chi connectivity index (χ0) is 4.50. The topological polar surface area (TPSA) is 112 Å². The molecule has 0 aromatic heterocycles. The number of hydrogen-bond acceptors (Lipinski definition) is 4. The molecule has 0 spiro atoms. The van der Waals surface area contributed by atoms with Gasteiger partial charge < -0.3 is 27.5 Å². The second kappa shape index (κ2) is 8.71. The van der Waals surface area contributed by atoms with Crippen molar-refractivity contribution in [2.24, 2.45) is 0 Å². The molecule has 8 heavy (non-hydrogen) atoms. The predicted molar refractivity (Wildman–Crippen MR) is 37.3 cm³/mol. The van der Waals surface area contributed by atoms with Crippen molar-refractivity contribution in [3.63, 3.8) is 0 Å². The first-order valence-corrected chi connectivity index (χ1v) is 2.68. The van der Waals surface area contributed by atoms with Crippen LogP contribution in [0.5, 0.6) is 0 Å². The second-order valence-corrected chi connectivity index (χ2v) is 1.80. The zero-order valence-corrected chi connectivity index (χ0v) is 8.83. The van der Waals surface area contributed by atoms with Crippen molar-refractivity contribution < 1.29 is 27.5 Å². The molecule has 52 valence electrons. The first kappa shape index (κ1) is 22.6. The van der Waals surface area contributed by atoms with Gasteiger partial charge in [0.2, 0.25) is 0 Å². The molecule has 0 aliphatic heterocycles. The summed E-state index contributed by atoms with van der Waals surface area (Å²) in [7, 11) is -4.61. The fourth-order valence-corrected chi connectivity index (χ4v) is 0. The maximum absolute atomic E-state index is 7.33. The predicted octanol–water partition coefficient (Wildman–Crippen LogP) is -3.53. The van der Waals surface area contributed by atoms with Crippen LogP contribution < -0.4 is 0 Å². The van der Waals surface area contributed by atoms with Gasteiger partial charge in [0.05, 0.1) is 0 Å². The largest absolute Gasteiger partial charge is 2.00 e. The van der Waals surface area contributed by atoms with E-state index in [1.807, 2.05) is 0 Å². The van der Waals surface area contributed by atoms with Gasteiger partial charge in [0.15, 0.2) is 0 Å². The van der Waals surface area contributed by atoms with Crippen LogP contribution in [-0.4, -0.2) is 71.4 Å². The van der Waals surface area contributed by atoms with E-state index in [1.54, 1.807) is 0 Å². The smallest absolute Gasteiger partial charge is 1.00 e. The molecular formula is H11CaO5PSi. The third-order valence-corrected chi connectivity index (χ3v) is 0. The molecule has 0 aliphatic carbocycles. The molecule has 0 aromatic carbocycles. The third kappa shape index (κ3) is 119. The standard InChI is InChI=1S/Ca.H4O4Si.H2O.H3P.2H/c;1-5(2,3)4;;;;/h;1-4H;1H2;1H3;;/q+2;;;;2*-1. The Morgan fingerprint density at radius 1 is 1.00 bits per heavy atom. The van der Waals surface area contributed by atoms with Crippen LogP contribution in [0.2, 0.25) is 0 Å². The van der Waals surface area contributed by atoms with Crippen LogP contribution >= 0.6 is 9.90 Å². The van der Waals surface area contributed by atoms with Crippen molar-refractivity contribution in [3.05, 3.63) is 0 Å². The van der Waals surface area contributed by atoms with E-state index < -0.39 is 9.05 Å². The Labute approximate surface area is 83.7 Å². The third-order valence-electron chi connectivity index (χ3n) is 0. The van der Waals surface area contributed by atoms with Gasteiger partial charge in [-0.25, -0.2) is 0 Å². The average molecular weight is 190 g/mol. The number of hydrogen-bond donors (Lipinski definition) is 4. The fourth-order valence-electron chi connectivity index (χ4n) is 0. The quantitative estimate of drug-likeness (QED) is 0.234. The summed E-state index contributed by atoms with van der Waals surface area (Å²) in [5.74, 6) is 0. The van der Waals surface area contributed by atoms with Crippen LogP contribution in [0.15, 0.2) is 0 Å². The minimum absolute atomic E-state index is 0. The Bertz CT molecular complexity index is 35.1. The van der Waals surface area contributed by atoms with Gasteiger partial charge in [-0.15, -0.1) is 0 Å². The zero-order valence-electron chi connectivity index (χ0n) is 6.20. The average Bonchev–Trinajstić information content (AvgIpc) is 0.722. The fraction of sp³-hybridized carbons (Fsp3) is 0. The van der Waals surface area contributed by atoms with Gasteiger partial charge in [0, 0.05) is 0 Å². The summed E-state index contributed by atoms with van der Waals surface area (Å²) >= 11 is 0. The van der Waals surface area contributed by atoms with E-state index in [9.17, 15) is 0 Å². The Kier molecular flexibility index (Phi) is 24.6. The summed E-state index contributed by atoms with van der Waals surface area (Å²) < 4.78 is 0. The molecule has 0 radical (unpaired) electrons. The van der Waals surface area contributed by atoms with E-state index in [0.717, 1.165) is 0 Å². The molecule has 0 bridgehead atoms. The first-order chi connectivity index (χ1) is 2.00. The van der Waals surface area contributed by atoms with Crippen molar-refractivity contribution >= 4 is 56.7 Å². The maximum Gasteiger partial charge on any atom is 2.00 e. The maximum atomic E-state index is 7.33. The van der Waals surface area contributed by atoms with Crippen molar-refractivity contribution in [1.82, 2.24) is 0 Å². The summed E-state index contributed by atoms with van der Waals surface area (Å²) in [5.41, 5.74) is 0. The van der Waals surface area contributed by atoms with E-state index in [0.29, 0.717) is 0 Å². The first-order valence-electron chi connectivity index (χ1n) is 0.894. The summed E-state index contributed by atoms with van der Waals surface area (Å²) in [5, 5.41) is 0. The van der Waals surface area contributed by atoms with E-state index >= 15 is 0 Å². The summed E-state index contributed by atoms with van der Waals surface area (Å²) in [6, 6.07) is 0. The van der Waals surface area contributed by atoms with Crippen LogP contribution in [0.3, 0.4) is 0 Å². The van der Waals surface area contributed by atoms with E-state index in [-0.39, 0.29) is 56.0 Å². The van der Waals surface area contributed by atoms with Gasteiger partial charge in [0.25, 0.3) is 0 Å². The molecule has 1 atom stereocenters. The van der Waals surface area contributed by atoms with Crippen LogP contribution in [-0.2, 0) is 0 Å². The number of rotatable bonds is 0. The molecular weight excluding hydrogens is 179 g/mol. The molecule has 0 aromatic rings. The molecule has 0 fully saturated rings. The molecule has 8 heteroatoms. The van der Waals surface area contributed by atoms with Gasteiger partial charge in [-0.1, -0.05) is 0 Å². The van der Waals surface area contributed by atoms with Crippen LogP contribution in [0.4, 0.5) is 0 Å². The molecule has 0 aliphatic rings. The van der Waals surface area contributed by atoms with Gasteiger partial charge in [-0.05, 0) is 0 Å². The Morgan fingerprint density at radius 3 is 1.00 bits per heavy atom. The van der Waals surface area contributed by atoms with Crippen molar-refractivity contribution in [2.45, 2.75) is 0 Å². The molecule has 6 N–H and O–H groups in total. The SMILES string of the molecule is O.O[Si](O)(O)O.P.[Ca+2].[H-].[H-].